The summed E-state index contributed by atoms with van der Waals surface area (Å²) in [6.07, 6.45) is 1.53. The Morgan fingerprint density at radius 1 is 1.22 bits per heavy atom. The Morgan fingerprint density at radius 2 is 2.06 bits per heavy atom. The van der Waals surface area contributed by atoms with E-state index in [0.717, 1.165) is 0 Å². The van der Waals surface area contributed by atoms with E-state index in [2.05, 4.69) is 11.1 Å². The third kappa shape index (κ3) is 1.57. The Morgan fingerprint density at radius 3 is 2.83 bits per heavy atom. The number of imidazole rings is 1. The number of halogens is 2. The molecule has 4 heteroatoms. The summed E-state index contributed by atoms with van der Waals surface area (Å²) < 4.78 is 29.2. The molecule has 0 amide bonds. The summed E-state index contributed by atoms with van der Waals surface area (Å²) in [4.78, 5) is 3.96. The van der Waals surface area contributed by atoms with E-state index in [1.807, 2.05) is 0 Å². The molecule has 0 atom stereocenters. The van der Waals surface area contributed by atoms with E-state index in [0.29, 0.717) is 11.1 Å². The molecule has 18 heavy (non-hydrogen) atoms. The van der Waals surface area contributed by atoms with Crippen molar-refractivity contribution in [2.45, 2.75) is 0 Å². The van der Waals surface area contributed by atoms with Gasteiger partial charge in [0.25, 0.3) is 0 Å². The summed E-state index contributed by atoms with van der Waals surface area (Å²) >= 11 is 0. The van der Waals surface area contributed by atoms with Crippen molar-refractivity contribution in [1.82, 2.24) is 9.55 Å². The maximum atomic E-state index is 13.9. The van der Waals surface area contributed by atoms with Gasteiger partial charge in [-0.1, -0.05) is 12.1 Å². The molecule has 1 aromatic heterocycles. The molecule has 2 aromatic carbocycles. The summed E-state index contributed by atoms with van der Waals surface area (Å²) in [5.41, 5.74) is 1.64. The lowest BCUT2D eigenvalue weighted by Crippen LogP contribution is -1.90. The van der Waals surface area contributed by atoms with Crippen molar-refractivity contribution in [3.05, 3.63) is 54.4 Å². The van der Waals surface area contributed by atoms with Crippen LogP contribution in [0.2, 0.25) is 0 Å². The number of rotatable bonds is 1. The molecule has 89 valence electrons. The van der Waals surface area contributed by atoms with Crippen LogP contribution in [0.25, 0.3) is 22.2 Å². The molecule has 0 aliphatic heterocycles. The van der Waals surface area contributed by atoms with Crippen LogP contribution < -0.4 is 0 Å². The summed E-state index contributed by atoms with van der Waals surface area (Å²) in [5.74, 6) is -0.877. The molecule has 0 aliphatic carbocycles. The van der Waals surface area contributed by atoms with Crippen LogP contribution in [0.1, 0.15) is 0 Å². The molecule has 0 aliphatic rings. The van der Waals surface area contributed by atoms with Crippen molar-refractivity contribution in [2.24, 2.45) is 7.05 Å². The molecule has 0 unspecified atom stereocenters. The van der Waals surface area contributed by atoms with Crippen LogP contribution in [-0.4, -0.2) is 9.55 Å². The Balaban J connectivity index is 2.31. The Bertz CT molecular complexity index is 732. The predicted octanol–water partition coefficient (Wildman–Crippen LogP) is 3.32. The van der Waals surface area contributed by atoms with Gasteiger partial charge in [0.05, 0.1) is 11.8 Å². The van der Waals surface area contributed by atoms with Crippen molar-refractivity contribution < 1.29 is 8.78 Å². The van der Waals surface area contributed by atoms with E-state index in [1.165, 1.54) is 18.5 Å². The molecule has 0 saturated heterocycles. The number of hydrogen-bond donors (Lipinski definition) is 0. The van der Waals surface area contributed by atoms with E-state index in [-0.39, 0.29) is 11.1 Å². The minimum Gasteiger partial charge on any atom is -0.334 e. The monoisotopic (exact) mass is 243 g/mol. The van der Waals surface area contributed by atoms with Gasteiger partial charge in [-0.3, -0.25) is 0 Å². The average molecular weight is 243 g/mol. The van der Waals surface area contributed by atoms with Crippen LogP contribution >= 0.6 is 0 Å². The van der Waals surface area contributed by atoms with Crippen molar-refractivity contribution in [1.29, 1.82) is 0 Å². The third-order valence-corrected chi connectivity index (χ3v) is 2.88. The number of aryl methyl sites for hydroxylation is 1. The minimum absolute atomic E-state index is 0.263. The molecule has 0 spiro atoms. The lowest BCUT2D eigenvalue weighted by atomic mass is 10.0. The molecule has 2 nitrogen and oxygen atoms in total. The molecular weight excluding hydrogens is 234 g/mol. The number of fused-ring (bicyclic) bond motifs is 1. The molecule has 0 fully saturated rings. The van der Waals surface area contributed by atoms with Crippen LogP contribution in [0.3, 0.4) is 0 Å². The molecule has 0 N–H and O–H groups in total. The molecule has 0 saturated carbocycles. The highest BCUT2D eigenvalue weighted by Gasteiger charge is 2.11. The molecule has 3 aromatic rings. The van der Waals surface area contributed by atoms with E-state index >= 15 is 0 Å². The second-order valence-corrected chi connectivity index (χ2v) is 4.07. The minimum atomic E-state index is -0.459. The first-order chi connectivity index (χ1) is 8.66. The van der Waals surface area contributed by atoms with Crippen molar-refractivity contribution in [3.8, 4) is 11.1 Å². The summed E-state index contributed by atoms with van der Waals surface area (Å²) in [6.45, 7) is 0. The van der Waals surface area contributed by atoms with Gasteiger partial charge in [-0.05, 0) is 29.8 Å². The van der Waals surface area contributed by atoms with Gasteiger partial charge in [-0.15, -0.1) is 0 Å². The van der Waals surface area contributed by atoms with Gasteiger partial charge in [0.15, 0.2) is 5.82 Å². The number of aromatic nitrogens is 2. The number of nitrogens with zero attached hydrogens (tertiary/aromatic N) is 2. The number of benzene rings is 2. The van der Waals surface area contributed by atoms with Crippen molar-refractivity contribution in [2.75, 3.05) is 0 Å². The van der Waals surface area contributed by atoms with Crippen LogP contribution in [-0.2, 0) is 7.05 Å². The SMILES string of the molecule is Cn1cnc2c(F)cc(-c3[c]cccc3F)cc21. The Labute approximate surface area is 103 Å². The predicted molar refractivity (Wildman–Crippen MR) is 64.9 cm³/mol. The topological polar surface area (TPSA) is 17.8 Å². The molecule has 0 bridgehead atoms. The maximum Gasteiger partial charge on any atom is 0.151 e. The van der Waals surface area contributed by atoms with Crippen molar-refractivity contribution >= 4 is 11.0 Å². The molecular formula is C14H9F2N2. The van der Waals surface area contributed by atoms with Gasteiger partial charge in [0.1, 0.15) is 11.3 Å². The van der Waals surface area contributed by atoms with E-state index < -0.39 is 11.6 Å². The fourth-order valence-electron chi connectivity index (χ4n) is 1.97. The lowest BCUT2D eigenvalue weighted by molar-refractivity contribution is 0.628. The highest BCUT2D eigenvalue weighted by Crippen LogP contribution is 2.27. The normalized spacial score (nSPS) is 11.1. The highest BCUT2D eigenvalue weighted by atomic mass is 19.1. The largest absolute Gasteiger partial charge is 0.334 e. The van der Waals surface area contributed by atoms with E-state index in [4.69, 9.17) is 0 Å². The quantitative estimate of drug-likeness (QED) is 0.641. The number of hydrogen-bond acceptors (Lipinski definition) is 1. The van der Waals surface area contributed by atoms with Crippen LogP contribution in [0.15, 0.2) is 36.7 Å². The average Bonchev–Trinajstić information content (AvgIpc) is 2.72. The van der Waals surface area contributed by atoms with Crippen LogP contribution in [0.4, 0.5) is 8.78 Å². The van der Waals surface area contributed by atoms with Crippen LogP contribution in [0, 0.1) is 17.7 Å². The fraction of sp³-hybridized carbons (Fsp3) is 0.0714. The Hall–Kier alpha value is -2.23. The summed E-state index contributed by atoms with van der Waals surface area (Å²) in [6, 6.07) is 10.3. The molecule has 1 heterocycles. The first-order valence-corrected chi connectivity index (χ1v) is 5.44. The zero-order valence-electron chi connectivity index (χ0n) is 9.61. The van der Waals surface area contributed by atoms with Gasteiger partial charge in [-0.25, -0.2) is 13.8 Å². The molecule has 3 rings (SSSR count). The third-order valence-electron chi connectivity index (χ3n) is 2.88. The second-order valence-electron chi connectivity index (χ2n) is 4.07. The maximum absolute atomic E-state index is 13.9. The Kier molecular flexibility index (Phi) is 2.37. The first kappa shape index (κ1) is 10.9. The van der Waals surface area contributed by atoms with Gasteiger partial charge >= 0.3 is 0 Å². The fourth-order valence-corrected chi connectivity index (χ4v) is 1.97. The van der Waals surface area contributed by atoms with Gasteiger partial charge in [0.2, 0.25) is 0 Å². The molecule has 1 radical (unpaired) electrons. The zero-order valence-corrected chi connectivity index (χ0v) is 9.61. The standard InChI is InChI=1S/C14H9F2N2/c1-18-8-17-14-12(16)6-9(7-13(14)18)10-4-2-3-5-11(10)15/h2-3,5-8H,1H3. The van der Waals surface area contributed by atoms with Gasteiger partial charge in [-0.2, -0.15) is 0 Å². The zero-order chi connectivity index (χ0) is 12.7. The highest BCUT2D eigenvalue weighted by molar-refractivity contribution is 5.82. The summed E-state index contributed by atoms with van der Waals surface area (Å²) in [5, 5.41) is 0. The second kappa shape index (κ2) is 3.91. The smallest absolute Gasteiger partial charge is 0.151 e. The van der Waals surface area contributed by atoms with E-state index in [9.17, 15) is 8.78 Å². The first-order valence-electron chi connectivity index (χ1n) is 5.44. The van der Waals surface area contributed by atoms with Crippen molar-refractivity contribution in [3.63, 3.8) is 0 Å². The van der Waals surface area contributed by atoms with Gasteiger partial charge < -0.3 is 4.57 Å². The summed E-state index contributed by atoms with van der Waals surface area (Å²) in [7, 11) is 1.77. The van der Waals surface area contributed by atoms with E-state index in [1.54, 1.807) is 29.8 Å². The van der Waals surface area contributed by atoms with Gasteiger partial charge in [0, 0.05) is 12.6 Å². The lowest BCUT2D eigenvalue weighted by Gasteiger charge is -2.04. The van der Waals surface area contributed by atoms with Crippen LogP contribution in [0.5, 0.6) is 0 Å².